The zero-order chi connectivity index (χ0) is 38.5. The maximum atomic E-state index is 15.0. The number of aromatic nitrogens is 6. The lowest BCUT2D eigenvalue weighted by Gasteiger charge is -2.37. The van der Waals surface area contributed by atoms with Gasteiger partial charge in [-0.1, -0.05) is 28.9 Å². The Balaban J connectivity index is 0.915. The number of halogens is 3. The van der Waals surface area contributed by atoms with Gasteiger partial charge in [-0.2, -0.15) is 10.2 Å². The van der Waals surface area contributed by atoms with Crippen molar-refractivity contribution in [3.05, 3.63) is 113 Å². The summed E-state index contributed by atoms with van der Waals surface area (Å²) in [5.41, 5.74) is 1.84. The summed E-state index contributed by atoms with van der Waals surface area (Å²) < 4.78 is 51.1. The Kier molecular flexibility index (Phi) is 11.6. The first-order chi connectivity index (χ1) is 26.7. The molecule has 0 amide bonds. The number of piperazine rings is 1. The molecule has 4 unspecified atom stereocenters. The van der Waals surface area contributed by atoms with Crippen molar-refractivity contribution in [1.29, 1.82) is 0 Å². The third kappa shape index (κ3) is 8.44. The van der Waals surface area contributed by atoms with E-state index in [-0.39, 0.29) is 41.1 Å². The van der Waals surface area contributed by atoms with E-state index in [1.165, 1.54) is 34.0 Å². The van der Waals surface area contributed by atoms with Gasteiger partial charge >= 0.3 is 11.7 Å². The Hall–Kier alpha value is -5.09. The molecule has 290 valence electrons. The molecule has 16 heteroatoms. The molecule has 5 aromatic rings. The monoisotopic (exact) mass is 820 g/mol. The van der Waals surface area contributed by atoms with E-state index >= 15 is 0 Å². The normalized spacial score (nSPS) is 19.7. The quantitative estimate of drug-likeness (QED) is 0.105. The molecule has 2 fully saturated rings. The maximum Gasteiger partial charge on any atom is 0.350 e. The predicted octanol–water partition coefficient (Wildman–Crippen LogP) is 5.52. The van der Waals surface area contributed by atoms with E-state index in [1.807, 2.05) is 43.3 Å². The number of benzene rings is 3. The Morgan fingerprint density at radius 3 is 2.25 bits per heavy atom. The van der Waals surface area contributed by atoms with Crippen LogP contribution >= 0.6 is 15.9 Å². The highest BCUT2D eigenvalue weighted by Crippen LogP contribution is 2.42. The molecule has 7 rings (SSSR count). The number of hydrogen-bond acceptors (Lipinski definition) is 10. The lowest BCUT2D eigenvalue weighted by molar-refractivity contribution is -0.147. The van der Waals surface area contributed by atoms with E-state index in [0.29, 0.717) is 31.7 Å². The summed E-state index contributed by atoms with van der Waals surface area (Å²) in [6.07, 6.45) is 5.01. The van der Waals surface area contributed by atoms with Crippen LogP contribution in [0.25, 0.3) is 5.69 Å². The van der Waals surface area contributed by atoms with Gasteiger partial charge in [0.25, 0.3) is 0 Å². The van der Waals surface area contributed by atoms with Gasteiger partial charge < -0.3 is 24.0 Å². The van der Waals surface area contributed by atoms with Gasteiger partial charge in [0.1, 0.15) is 53.4 Å². The van der Waals surface area contributed by atoms with Crippen molar-refractivity contribution in [2.45, 2.75) is 51.0 Å². The van der Waals surface area contributed by atoms with Gasteiger partial charge in [0.2, 0.25) is 0 Å². The number of hydrogen-bond donors (Lipinski definition) is 0. The second kappa shape index (κ2) is 16.7. The van der Waals surface area contributed by atoms with Crippen molar-refractivity contribution in [3.63, 3.8) is 0 Å². The number of carbonyl (C=O) groups excluding carboxylic acids is 1. The van der Waals surface area contributed by atoms with Crippen molar-refractivity contribution >= 4 is 33.3 Å². The Labute approximate surface area is 325 Å². The molecule has 2 saturated heterocycles. The SMILES string of the molecule is CCC(C(C)OC(=O)CBr)n1ncn(-c2ccc(N3CCN(c4ccc(OCC5COC(Cn6cncn6)(c6ccc(F)cc6F)C5)cc4)CC3)cc2)c1=O. The minimum Gasteiger partial charge on any atom is -0.493 e. The van der Waals surface area contributed by atoms with Crippen molar-refractivity contribution < 1.29 is 27.8 Å². The topological polar surface area (TPSA) is 122 Å². The zero-order valence-corrected chi connectivity index (χ0v) is 32.2. The van der Waals surface area contributed by atoms with Crippen molar-refractivity contribution in [1.82, 2.24) is 29.1 Å². The van der Waals surface area contributed by atoms with Crippen LogP contribution in [-0.4, -0.2) is 85.9 Å². The summed E-state index contributed by atoms with van der Waals surface area (Å²) >= 11 is 3.11. The zero-order valence-electron chi connectivity index (χ0n) is 30.6. The van der Waals surface area contributed by atoms with Crippen LogP contribution in [0.1, 0.15) is 38.3 Å². The molecular weight excluding hydrogens is 778 g/mol. The second-order valence-corrected chi connectivity index (χ2v) is 14.5. The van der Waals surface area contributed by atoms with E-state index in [2.05, 4.69) is 53.0 Å². The van der Waals surface area contributed by atoms with Crippen LogP contribution in [0.3, 0.4) is 0 Å². The average molecular weight is 822 g/mol. The maximum absolute atomic E-state index is 15.0. The molecule has 2 aliphatic rings. The van der Waals surface area contributed by atoms with E-state index < -0.39 is 23.3 Å². The molecule has 2 aromatic heterocycles. The number of carbonyl (C=O) groups is 1. The van der Waals surface area contributed by atoms with Gasteiger partial charge in [-0.3, -0.25) is 4.79 Å². The van der Waals surface area contributed by atoms with Gasteiger partial charge in [0.15, 0.2) is 0 Å². The van der Waals surface area contributed by atoms with Crippen LogP contribution in [0.4, 0.5) is 20.2 Å². The molecule has 0 bridgehead atoms. The fraction of sp³-hybridized carbons (Fsp3) is 0.410. The summed E-state index contributed by atoms with van der Waals surface area (Å²) in [6.45, 7) is 7.99. The van der Waals surface area contributed by atoms with Crippen LogP contribution in [0.15, 0.2) is 90.5 Å². The summed E-state index contributed by atoms with van der Waals surface area (Å²) in [7, 11) is 0. The molecular formula is C39H43BrF2N8O5. The number of rotatable bonds is 14. The van der Waals surface area contributed by atoms with Crippen LogP contribution < -0.4 is 20.2 Å². The Morgan fingerprint density at radius 1 is 0.964 bits per heavy atom. The van der Waals surface area contributed by atoms with E-state index in [9.17, 15) is 18.4 Å². The van der Waals surface area contributed by atoms with Gasteiger partial charge in [0.05, 0.1) is 31.5 Å². The average Bonchev–Trinajstić information content (AvgIpc) is 3.96. The molecule has 13 nitrogen and oxygen atoms in total. The largest absolute Gasteiger partial charge is 0.493 e. The van der Waals surface area contributed by atoms with Crippen LogP contribution in [0.5, 0.6) is 5.75 Å². The molecule has 0 N–H and O–H groups in total. The minimum absolute atomic E-state index is 0.0206. The third-order valence-electron chi connectivity index (χ3n) is 10.4. The van der Waals surface area contributed by atoms with Crippen LogP contribution in [-0.2, 0) is 26.4 Å². The lowest BCUT2D eigenvalue weighted by atomic mass is 9.87. The van der Waals surface area contributed by atoms with E-state index in [1.54, 1.807) is 17.9 Å². The van der Waals surface area contributed by atoms with Crippen LogP contribution in [0, 0.1) is 17.6 Å². The first kappa shape index (κ1) is 38.2. The van der Waals surface area contributed by atoms with Crippen LogP contribution in [0.2, 0.25) is 0 Å². The molecule has 4 atom stereocenters. The van der Waals surface area contributed by atoms with Crippen molar-refractivity contribution in [3.8, 4) is 11.4 Å². The lowest BCUT2D eigenvalue weighted by Crippen LogP contribution is -2.46. The van der Waals surface area contributed by atoms with Gasteiger partial charge in [-0.05, 0) is 74.4 Å². The summed E-state index contributed by atoms with van der Waals surface area (Å²) in [5, 5.41) is 8.61. The Bertz CT molecular complexity index is 2110. The molecule has 0 aliphatic carbocycles. The Morgan fingerprint density at radius 2 is 1.64 bits per heavy atom. The van der Waals surface area contributed by atoms with Crippen molar-refractivity contribution in [2.75, 3.05) is 54.5 Å². The van der Waals surface area contributed by atoms with Gasteiger partial charge in [-0.15, -0.1) is 0 Å². The number of nitrogens with zero attached hydrogens (tertiary/aromatic N) is 8. The molecule has 0 spiro atoms. The highest BCUT2D eigenvalue weighted by molar-refractivity contribution is 9.09. The molecule has 0 radical (unpaired) electrons. The summed E-state index contributed by atoms with van der Waals surface area (Å²) in [4.78, 5) is 33.8. The smallest absolute Gasteiger partial charge is 0.350 e. The number of esters is 1. The van der Waals surface area contributed by atoms with Gasteiger partial charge in [0, 0.05) is 55.1 Å². The standard InChI is InChI=1S/C39H43BrF2N8O5/c1-3-36(27(2)55-37(51)20-40)50-38(52)49(26-45-50)32-7-5-30(6-8-32)46-14-16-47(17-15-46)31-9-11-33(12-10-31)53-21-28-19-39(54-22-28,23-48-25-43-24-44-48)34-13-4-29(41)18-35(34)42/h4-13,18,24-28,36H,3,14-17,19-23H2,1-2H3. The number of ether oxygens (including phenoxy) is 3. The van der Waals surface area contributed by atoms with Gasteiger partial charge in [-0.25, -0.2) is 32.5 Å². The summed E-state index contributed by atoms with van der Waals surface area (Å²) in [6, 6.07) is 19.1. The number of anilines is 2. The van der Waals surface area contributed by atoms with E-state index in [4.69, 9.17) is 14.2 Å². The first-order valence-corrected chi connectivity index (χ1v) is 19.4. The first-order valence-electron chi connectivity index (χ1n) is 18.3. The molecule has 2 aliphatic heterocycles. The fourth-order valence-electron chi connectivity index (χ4n) is 7.54. The molecule has 0 saturated carbocycles. The highest BCUT2D eigenvalue weighted by atomic mass is 79.9. The highest BCUT2D eigenvalue weighted by Gasteiger charge is 2.44. The second-order valence-electron chi connectivity index (χ2n) is 13.9. The third-order valence-corrected chi connectivity index (χ3v) is 10.8. The van der Waals surface area contributed by atoms with Crippen molar-refractivity contribution in [2.24, 2.45) is 5.92 Å². The minimum atomic E-state index is -1.03. The molecule has 3 aromatic carbocycles. The van der Waals surface area contributed by atoms with E-state index in [0.717, 1.165) is 49.4 Å². The fourth-order valence-corrected chi connectivity index (χ4v) is 7.68. The molecule has 4 heterocycles. The molecule has 55 heavy (non-hydrogen) atoms. The number of alkyl halides is 1. The predicted molar refractivity (Wildman–Crippen MR) is 205 cm³/mol. The summed E-state index contributed by atoms with van der Waals surface area (Å²) in [5.74, 6) is -0.976.